The second-order valence-corrected chi connectivity index (χ2v) is 7.48. The van der Waals surface area contributed by atoms with Crippen molar-refractivity contribution in [2.24, 2.45) is 0 Å². The molecule has 2 aromatic carbocycles. The topological polar surface area (TPSA) is 99.9 Å². The van der Waals surface area contributed by atoms with Gasteiger partial charge in [-0.15, -0.1) is 0 Å². The summed E-state index contributed by atoms with van der Waals surface area (Å²) in [5.74, 6) is -0.553. The third kappa shape index (κ3) is 4.22. The van der Waals surface area contributed by atoms with Gasteiger partial charge in [-0.1, -0.05) is 29.8 Å². The van der Waals surface area contributed by atoms with Crippen molar-refractivity contribution in [2.75, 3.05) is 0 Å². The molecule has 0 radical (unpaired) electrons. The molecule has 1 fully saturated rings. The van der Waals surface area contributed by atoms with E-state index in [0.29, 0.717) is 16.5 Å². The highest BCUT2D eigenvalue weighted by Gasteiger charge is 2.33. The minimum Gasteiger partial charge on any atom is -0.478 e. The Bertz CT molecular complexity index is 1230. The van der Waals surface area contributed by atoms with Crippen molar-refractivity contribution in [2.45, 2.75) is 13.5 Å². The molecule has 0 unspecified atom stereocenters. The smallest absolute Gasteiger partial charge is 0.335 e. The Balaban J connectivity index is 1.54. The van der Waals surface area contributed by atoms with Crippen molar-refractivity contribution in [3.63, 3.8) is 0 Å². The Kier molecular flexibility index (Phi) is 5.35. The maximum Gasteiger partial charge on any atom is 0.335 e. The molecular weight excluding hydrogens is 420 g/mol. The Morgan fingerprint density at radius 2 is 1.87 bits per heavy atom. The van der Waals surface area contributed by atoms with Crippen LogP contribution < -0.4 is 5.32 Å². The molecule has 0 saturated carbocycles. The second kappa shape index (κ2) is 8.12. The molecule has 0 atom stereocenters. The number of nitrogens with zero attached hydrogens (tertiary/aromatic N) is 1. The number of amides is 3. The number of furan rings is 1. The number of urea groups is 1. The Morgan fingerprint density at radius 1 is 1.13 bits per heavy atom. The average Bonchev–Trinajstić information content (AvgIpc) is 3.29. The maximum atomic E-state index is 12.7. The first kappa shape index (κ1) is 20.4. The number of halogens is 1. The van der Waals surface area contributed by atoms with Crippen LogP contribution in [0.25, 0.3) is 17.4 Å². The molecule has 8 heteroatoms. The third-order valence-corrected chi connectivity index (χ3v) is 5.12. The zero-order valence-electron chi connectivity index (χ0n) is 16.4. The molecule has 2 N–H and O–H groups in total. The van der Waals surface area contributed by atoms with Gasteiger partial charge in [0.05, 0.1) is 12.1 Å². The first-order valence-corrected chi connectivity index (χ1v) is 9.73. The molecule has 1 saturated heterocycles. The van der Waals surface area contributed by atoms with Crippen molar-refractivity contribution >= 4 is 35.6 Å². The minimum atomic E-state index is -1.00. The fourth-order valence-corrected chi connectivity index (χ4v) is 3.40. The zero-order chi connectivity index (χ0) is 22.1. The van der Waals surface area contributed by atoms with E-state index in [2.05, 4.69) is 5.32 Å². The van der Waals surface area contributed by atoms with E-state index in [1.165, 1.54) is 12.1 Å². The van der Waals surface area contributed by atoms with Gasteiger partial charge in [0.25, 0.3) is 5.91 Å². The molecule has 3 amide bonds. The highest BCUT2D eigenvalue weighted by molar-refractivity contribution is 6.30. The highest BCUT2D eigenvalue weighted by atomic mass is 35.5. The van der Waals surface area contributed by atoms with E-state index < -0.39 is 17.9 Å². The SMILES string of the molecule is Cc1cc(C(=O)O)ccc1-c1ccc(C=C2NC(=O)N(Cc3ccc(Cl)cc3)C2=O)o1. The Morgan fingerprint density at radius 3 is 2.55 bits per heavy atom. The van der Waals surface area contributed by atoms with E-state index in [-0.39, 0.29) is 17.8 Å². The van der Waals surface area contributed by atoms with Gasteiger partial charge in [0.15, 0.2) is 0 Å². The summed E-state index contributed by atoms with van der Waals surface area (Å²) < 4.78 is 5.80. The number of carbonyl (C=O) groups excluding carboxylic acids is 2. The van der Waals surface area contributed by atoms with Crippen molar-refractivity contribution in [1.29, 1.82) is 0 Å². The number of aryl methyl sites for hydroxylation is 1. The zero-order valence-corrected chi connectivity index (χ0v) is 17.1. The van der Waals surface area contributed by atoms with Crippen molar-refractivity contribution in [3.8, 4) is 11.3 Å². The summed E-state index contributed by atoms with van der Waals surface area (Å²) in [7, 11) is 0. The van der Waals surface area contributed by atoms with E-state index in [4.69, 9.17) is 21.1 Å². The predicted octanol–water partition coefficient (Wildman–Crippen LogP) is 4.70. The second-order valence-electron chi connectivity index (χ2n) is 7.04. The average molecular weight is 437 g/mol. The van der Waals surface area contributed by atoms with E-state index in [0.717, 1.165) is 21.6 Å². The summed E-state index contributed by atoms with van der Waals surface area (Å²) >= 11 is 5.87. The van der Waals surface area contributed by atoms with Gasteiger partial charge >= 0.3 is 12.0 Å². The van der Waals surface area contributed by atoms with Gasteiger partial charge in [0.2, 0.25) is 0 Å². The number of aromatic carboxylic acids is 1. The number of hydrogen-bond acceptors (Lipinski definition) is 4. The van der Waals surface area contributed by atoms with Crippen LogP contribution in [0.5, 0.6) is 0 Å². The van der Waals surface area contributed by atoms with Crippen LogP contribution in [0.2, 0.25) is 5.02 Å². The summed E-state index contributed by atoms with van der Waals surface area (Å²) in [6.45, 7) is 1.91. The molecule has 1 aliphatic heterocycles. The maximum absolute atomic E-state index is 12.7. The lowest BCUT2D eigenvalue weighted by Gasteiger charge is -2.11. The van der Waals surface area contributed by atoms with Crippen LogP contribution in [-0.4, -0.2) is 27.9 Å². The molecule has 156 valence electrons. The standard InChI is InChI=1S/C23H17ClN2O5/c1-13-10-15(22(28)29)4-8-18(13)20-9-7-17(31-20)11-19-21(27)26(23(30)25-19)12-14-2-5-16(24)6-3-14/h2-11H,12H2,1H3,(H,25,30)(H,28,29). The first-order valence-electron chi connectivity index (χ1n) is 9.35. The molecule has 1 aromatic heterocycles. The monoisotopic (exact) mass is 436 g/mol. The van der Waals surface area contributed by atoms with Gasteiger partial charge in [0, 0.05) is 16.7 Å². The Hall–Kier alpha value is -3.84. The summed E-state index contributed by atoms with van der Waals surface area (Å²) in [6.07, 6.45) is 1.46. The van der Waals surface area contributed by atoms with Crippen LogP contribution in [0.3, 0.4) is 0 Å². The van der Waals surface area contributed by atoms with E-state index in [1.54, 1.807) is 55.5 Å². The third-order valence-electron chi connectivity index (χ3n) is 4.87. The fourth-order valence-electron chi connectivity index (χ4n) is 3.28. The molecule has 0 aliphatic carbocycles. The van der Waals surface area contributed by atoms with Gasteiger partial charge in [-0.25, -0.2) is 9.59 Å². The number of benzene rings is 2. The normalized spacial score (nSPS) is 14.9. The van der Waals surface area contributed by atoms with Gasteiger partial charge in [-0.05, 0) is 54.4 Å². The molecular formula is C23H17ClN2O5. The molecule has 31 heavy (non-hydrogen) atoms. The molecule has 3 aromatic rings. The number of rotatable bonds is 5. The molecule has 2 heterocycles. The quantitative estimate of drug-likeness (QED) is 0.446. The lowest BCUT2D eigenvalue weighted by Crippen LogP contribution is -2.30. The number of hydrogen-bond donors (Lipinski definition) is 2. The van der Waals surface area contributed by atoms with Gasteiger partial charge in [-0.3, -0.25) is 9.69 Å². The summed E-state index contributed by atoms with van der Waals surface area (Å²) in [6, 6.07) is 14.5. The lowest BCUT2D eigenvalue weighted by atomic mass is 10.0. The molecule has 7 nitrogen and oxygen atoms in total. The van der Waals surface area contributed by atoms with E-state index >= 15 is 0 Å². The van der Waals surface area contributed by atoms with Crippen LogP contribution in [0.15, 0.2) is 64.7 Å². The fraction of sp³-hybridized carbons (Fsp3) is 0.0870. The number of carbonyl (C=O) groups is 3. The van der Waals surface area contributed by atoms with Crippen LogP contribution in [0.1, 0.15) is 27.2 Å². The number of imide groups is 1. The van der Waals surface area contributed by atoms with Gasteiger partial charge in [-0.2, -0.15) is 0 Å². The van der Waals surface area contributed by atoms with Crippen LogP contribution in [0.4, 0.5) is 4.79 Å². The van der Waals surface area contributed by atoms with Crippen molar-refractivity contribution in [1.82, 2.24) is 10.2 Å². The van der Waals surface area contributed by atoms with E-state index in [1.807, 2.05) is 0 Å². The highest BCUT2D eigenvalue weighted by Crippen LogP contribution is 2.28. The largest absolute Gasteiger partial charge is 0.478 e. The Labute approximate surface area is 182 Å². The van der Waals surface area contributed by atoms with Crippen LogP contribution in [-0.2, 0) is 11.3 Å². The number of carboxylic acid groups (broad SMARTS) is 1. The van der Waals surface area contributed by atoms with E-state index in [9.17, 15) is 14.4 Å². The predicted molar refractivity (Wildman–Crippen MR) is 114 cm³/mol. The lowest BCUT2D eigenvalue weighted by molar-refractivity contribution is -0.123. The summed E-state index contributed by atoms with van der Waals surface area (Å²) in [4.78, 5) is 37.1. The first-order chi connectivity index (χ1) is 14.8. The van der Waals surface area contributed by atoms with Crippen molar-refractivity contribution < 1.29 is 23.9 Å². The summed E-state index contributed by atoms with van der Waals surface area (Å²) in [5.41, 5.74) is 2.55. The van der Waals surface area contributed by atoms with Crippen LogP contribution >= 0.6 is 11.6 Å². The van der Waals surface area contributed by atoms with Gasteiger partial charge < -0.3 is 14.8 Å². The van der Waals surface area contributed by atoms with Crippen molar-refractivity contribution in [3.05, 3.63) is 87.8 Å². The number of carboxylic acids is 1. The molecule has 4 rings (SSSR count). The molecule has 0 spiro atoms. The summed E-state index contributed by atoms with van der Waals surface area (Å²) in [5, 5.41) is 12.2. The number of nitrogens with one attached hydrogen (secondary N) is 1. The van der Waals surface area contributed by atoms with Crippen LogP contribution in [0, 0.1) is 6.92 Å². The molecule has 1 aliphatic rings. The minimum absolute atomic E-state index is 0.109. The molecule has 0 bridgehead atoms. The van der Waals surface area contributed by atoms with Gasteiger partial charge in [0.1, 0.15) is 17.2 Å².